The Morgan fingerprint density at radius 3 is 2.70 bits per heavy atom. The Morgan fingerprint density at radius 1 is 1.50 bits per heavy atom. The van der Waals surface area contributed by atoms with E-state index in [4.69, 9.17) is 0 Å². The van der Waals surface area contributed by atoms with Crippen LogP contribution in [0, 0.1) is 0 Å². The molecule has 0 spiro atoms. The lowest BCUT2D eigenvalue weighted by Crippen LogP contribution is -1.70. The van der Waals surface area contributed by atoms with Gasteiger partial charge in [-0.1, -0.05) is 54.4 Å². The fraction of sp³-hybridized carbons (Fsp3) is 0.556. The van der Waals surface area contributed by atoms with E-state index in [0.29, 0.717) is 0 Å². The van der Waals surface area contributed by atoms with E-state index < -0.39 is 0 Å². The predicted octanol–water partition coefficient (Wildman–Crippen LogP) is 4.03. The Kier molecular flexibility index (Phi) is 7.04. The molecule has 0 rings (SSSR count). The van der Waals surface area contributed by atoms with Crippen LogP contribution in [0.25, 0.3) is 0 Å². The molecular weight excluding hydrogens is 188 g/mol. The van der Waals surface area contributed by atoms with E-state index in [1.807, 2.05) is 6.08 Å². The third-order valence-corrected chi connectivity index (χ3v) is 1.54. The van der Waals surface area contributed by atoms with Crippen molar-refractivity contribution < 1.29 is 0 Å². The van der Waals surface area contributed by atoms with Crippen molar-refractivity contribution >= 4 is 15.9 Å². The lowest BCUT2D eigenvalue weighted by Gasteiger charge is -1.90. The van der Waals surface area contributed by atoms with E-state index in [2.05, 4.69) is 35.5 Å². The van der Waals surface area contributed by atoms with Crippen LogP contribution in [0.1, 0.15) is 32.6 Å². The maximum atomic E-state index is 3.70. The van der Waals surface area contributed by atoms with Gasteiger partial charge in [0.15, 0.2) is 0 Å². The molecule has 0 aromatic heterocycles. The summed E-state index contributed by atoms with van der Waals surface area (Å²) in [6.07, 6.45) is 9.27. The maximum Gasteiger partial charge on any atom is 0.00997 e. The third kappa shape index (κ3) is 7.96. The summed E-state index contributed by atoms with van der Waals surface area (Å²) in [5.74, 6) is 0. The topological polar surface area (TPSA) is 0 Å². The van der Waals surface area contributed by atoms with Crippen molar-refractivity contribution in [2.45, 2.75) is 32.6 Å². The predicted molar refractivity (Wildman–Crippen MR) is 51.3 cm³/mol. The first kappa shape index (κ1) is 9.96. The Balaban J connectivity index is 3.10. The standard InChI is InChI=1S/C9H15Br/c1-3-4-5-6-7-8-9(2)10/h7-8H,2-6H2,1H3/b8-7+. The molecule has 0 amide bonds. The normalized spacial score (nSPS) is 10.6. The van der Waals surface area contributed by atoms with Crippen LogP contribution in [0.4, 0.5) is 0 Å². The van der Waals surface area contributed by atoms with E-state index in [1.165, 1.54) is 25.7 Å². The first-order valence-electron chi connectivity index (χ1n) is 3.78. The molecule has 0 atom stereocenters. The summed E-state index contributed by atoms with van der Waals surface area (Å²) in [6.45, 7) is 5.92. The largest absolute Gasteiger partial charge is 0.0848 e. The average molecular weight is 203 g/mol. The number of hydrogen-bond acceptors (Lipinski definition) is 0. The minimum atomic E-state index is 0.962. The average Bonchev–Trinajstić information content (AvgIpc) is 1.87. The maximum absolute atomic E-state index is 3.70. The molecule has 0 unspecified atom stereocenters. The summed E-state index contributed by atoms with van der Waals surface area (Å²) in [7, 11) is 0. The van der Waals surface area contributed by atoms with Crippen molar-refractivity contribution in [2.75, 3.05) is 0 Å². The zero-order chi connectivity index (χ0) is 7.82. The van der Waals surface area contributed by atoms with Crippen molar-refractivity contribution in [1.82, 2.24) is 0 Å². The van der Waals surface area contributed by atoms with Crippen molar-refractivity contribution in [2.24, 2.45) is 0 Å². The molecule has 0 bridgehead atoms. The number of allylic oxidation sites excluding steroid dienone is 3. The molecule has 0 heterocycles. The summed E-state index contributed by atoms with van der Waals surface area (Å²) in [5, 5.41) is 0. The molecule has 58 valence electrons. The molecule has 0 saturated carbocycles. The van der Waals surface area contributed by atoms with Gasteiger partial charge >= 0.3 is 0 Å². The third-order valence-electron chi connectivity index (χ3n) is 1.27. The van der Waals surface area contributed by atoms with Gasteiger partial charge in [-0.3, -0.25) is 0 Å². The summed E-state index contributed by atoms with van der Waals surface area (Å²) in [5.41, 5.74) is 0. The van der Waals surface area contributed by atoms with Gasteiger partial charge in [0.05, 0.1) is 0 Å². The highest BCUT2D eigenvalue weighted by Crippen LogP contribution is 2.05. The van der Waals surface area contributed by atoms with Crippen molar-refractivity contribution in [3.8, 4) is 0 Å². The fourth-order valence-corrected chi connectivity index (χ4v) is 0.910. The van der Waals surface area contributed by atoms with Crippen LogP contribution in [0.15, 0.2) is 23.2 Å². The van der Waals surface area contributed by atoms with Gasteiger partial charge in [0.25, 0.3) is 0 Å². The highest BCUT2D eigenvalue weighted by atomic mass is 79.9. The Hall–Kier alpha value is -0.0400. The first-order valence-corrected chi connectivity index (χ1v) is 4.57. The van der Waals surface area contributed by atoms with Gasteiger partial charge in [-0.25, -0.2) is 0 Å². The number of hydrogen-bond donors (Lipinski definition) is 0. The van der Waals surface area contributed by atoms with E-state index in [-0.39, 0.29) is 0 Å². The van der Waals surface area contributed by atoms with E-state index in [1.54, 1.807) is 0 Å². The highest BCUT2D eigenvalue weighted by molar-refractivity contribution is 9.11. The molecular formula is C9H15Br. The zero-order valence-corrected chi connectivity index (χ0v) is 8.15. The van der Waals surface area contributed by atoms with Crippen LogP contribution in [-0.4, -0.2) is 0 Å². The lowest BCUT2D eigenvalue weighted by molar-refractivity contribution is 0.729. The second-order valence-electron chi connectivity index (χ2n) is 2.35. The molecule has 0 aromatic carbocycles. The van der Waals surface area contributed by atoms with Crippen molar-refractivity contribution in [3.05, 3.63) is 23.2 Å². The van der Waals surface area contributed by atoms with Gasteiger partial charge in [0, 0.05) is 4.48 Å². The van der Waals surface area contributed by atoms with Crippen molar-refractivity contribution in [1.29, 1.82) is 0 Å². The Morgan fingerprint density at radius 2 is 2.20 bits per heavy atom. The van der Waals surface area contributed by atoms with Gasteiger partial charge in [-0.2, -0.15) is 0 Å². The second-order valence-corrected chi connectivity index (χ2v) is 3.36. The Bertz CT molecular complexity index is 114. The van der Waals surface area contributed by atoms with Crippen LogP contribution >= 0.6 is 15.9 Å². The summed E-state index contributed by atoms with van der Waals surface area (Å²) in [6, 6.07) is 0. The minimum absolute atomic E-state index is 0.962. The number of unbranched alkanes of at least 4 members (excludes halogenated alkanes) is 3. The van der Waals surface area contributed by atoms with Crippen LogP contribution in [0.5, 0.6) is 0 Å². The molecule has 0 radical (unpaired) electrons. The van der Waals surface area contributed by atoms with E-state index in [0.717, 1.165) is 4.48 Å². The second kappa shape index (κ2) is 7.07. The van der Waals surface area contributed by atoms with Crippen LogP contribution in [0.2, 0.25) is 0 Å². The summed E-state index contributed by atoms with van der Waals surface area (Å²) < 4.78 is 0.962. The van der Waals surface area contributed by atoms with Gasteiger partial charge in [0.2, 0.25) is 0 Å². The molecule has 0 aromatic rings. The van der Waals surface area contributed by atoms with Gasteiger partial charge in [0.1, 0.15) is 0 Å². The quantitative estimate of drug-likeness (QED) is 0.467. The van der Waals surface area contributed by atoms with Crippen molar-refractivity contribution in [3.63, 3.8) is 0 Å². The highest BCUT2D eigenvalue weighted by Gasteiger charge is 1.81. The zero-order valence-electron chi connectivity index (χ0n) is 6.57. The SMILES string of the molecule is C=C(Br)/C=C/CCCCC. The smallest absolute Gasteiger partial charge is 0.00997 e. The van der Waals surface area contributed by atoms with E-state index in [9.17, 15) is 0 Å². The van der Waals surface area contributed by atoms with Crippen LogP contribution in [0.3, 0.4) is 0 Å². The molecule has 0 aliphatic heterocycles. The van der Waals surface area contributed by atoms with Crippen LogP contribution in [-0.2, 0) is 0 Å². The number of rotatable bonds is 5. The lowest BCUT2D eigenvalue weighted by atomic mass is 10.2. The molecule has 0 fully saturated rings. The van der Waals surface area contributed by atoms with Gasteiger partial charge in [-0.15, -0.1) is 0 Å². The summed E-state index contributed by atoms with van der Waals surface area (Å²) >= 11 is 3.26. The molecule has 0 aliphatic carbocycles. The minimum Gasteiger partial charge on any atom is -0.0848 e. The van der Waals surface area contributed by atoms with Gasteiger partial charge < -0.3 is 0 Å². The molecule has 0 nitrogen and oxygen atoms in total. The number of halogens is 1. The van der Waals surface area contributed by atoms with Crippen LogP contribution < -0.4 is 0 Å². The monoisotopic (exact) mass is 202 g/mol. The fourth-order valence-electron chi connectivity index (χ4n) is 0.723. The Labute approximate surface area is 72.1 Å². The molecule has 10 heavy (non-hydrogen) atoms. The van der Waals surface area contributed by atoms with Gasteiger partial charge in [-0.05, 0) is 12.8 Å². The first-order chi connectivity index (χ1) is 4.77. The summed E-state index contributed by atoms with van der Waals surface area (Å²) in [4.78, 5) is 0. The molecule has 0 saturated heterocycles. The molecule has 0 aliphatic rings. The molecule has 1 heteroatoms. The van der Waals surface area contributed by atoms with E-state index >= 15 is 0 Å². The molecule has 0 N–H and O–H groups in total.